The van der Waals surface area contributed by atoms with Crippen LogP contribution >= 0.6 is 22.6 Å². The fourth-order valence-electron chi connectivity index (χ4n) is 2.37. The number of benzene rings is 1. The highest BCUT2D eigenvalue weighted by Crippen LogP contribution is 2.31. The minimum Gasteiger partial charge on any atom is -0.240 e. The summed E-state index contributed by atoms with van der Waals surface area (Å²) in [5.41, 5.74) is 0.745. The van der Waals surface area contributed by atoms with Gasteiger partial charge in [-0.05, 0) is 54.1 Å². The van der Waals surface area contributed by atoms with Gasteiger partial charge in [-0.1, -0.05) is 12.1 Å². The summed E-state index contributed by atoms with van der Waals surface area (Å²) >= 11 is 2.12. The zero-order valence-electron chi connectivity index (χ0n) is 12.3. The van der Waals surface area contributed by atoms with Crippen LogP contribution in [-0.4, -0.2) is 19.7 Å². The Bertz CT molecular complexity index is 856. The first-order chi connectivity index (χ1) is 10.8. The van der Waals surface area contributed by atoms with E-state index in [0.717, 1.165) is 26.8 Å². The first-order valence-electron chi connectivity index (χ1n) is 6.82. The second kappa shape index (κ2) is 5.73. The number of alkyl halides is 3. The third-order valence-corrected chi connectivity index (χ3v) is 4.43. The number of hydrogen-bond acceptors (Lipinski definition) is 3. The summed E-state index contributed by atoms with van der Waals surface area (Å²) in [7, 11) is 0. The standard InChI is InChI=1S/C15H12F3IN4/c1-8(10-3-5-11(6-4-10)15(16,17)18)23-14-12(7-20-23)13(19)21-9(2)22-14/h3-8H,1-2H3. The molecule has 0 spiro atoms. The number of fused-ring (bicyclic) bond motifs is 1. The average molecular weight is 432 g/mol. The lowest BCUT2D eigenvalue weighted by molar-refractivity contribution is -0.137. The van der Waals surface area contributed by atoms with Gasteiger partial charge < -0.3 is 0 Å². The van der Waals surface area contributed by atoms with Crippen LogP contribution in [0.25, 0.3) is 11.0 Å². The zero-order chi connectivity index (χ0) is 16.8. The molecule has 1 aromatic carbocycles. The number of nitrogens with zero attached hydrogens (tertiary/aromatic N) is 4. The predicted molar refractivity (Wildman–Crippen MR) is 88.0 cm³/mol. The molecule has 3 aromatic rings. The number of aromatic nitrogens is 4. The fourth-order valence-corrected chi connectivity index (χ4v) is 3.10. The highest BCUT2D eigenvalue weighted by atomic mass is 127. The molecular weight excluding hydrogens is 420 g/mol. The summed E-state index contributed by atoms with van der Waals surface area (Å²) in [6.07, 6.45) is -2.66. The van der Waals surface area contributed by atoms with Crippen LogP contribution in [0.1, 0.15) is 29.9 Å². The third kappa shape index (κ3) is 3.04. The van der Waals surface area contributed by atoms with Gasteiger partial charge >= 0.3 is 6.18 Å². The van der Waals surface area contributed by atoms with Crippen molar-refractivity contribution in [2.75, 3.05) is 0 Å². The van der Waals surface area contributed by atoms with Crippen LogP contribution in [0.15, 0.2) is 30.5 Å². The van der Waals surface area contributed by atoms with Crippen molar-refractivity contribution in [1.29, 1.82) is 0 Å². The van der Waals surface area contributed by atoms with Crippen LogP contribution < -0.4 is 0 Å². The van der Waals surface area contributed by atoms with Crippen molar-refractivity contribution < 1.29 is 13.2 Å². The van der Waals surface area contributed by atoms with E-state index in [9.17, 15) is 13.2 Å². The zero-order valence-corrected chi connectivity index (χ0v) is 14.4. The minimum atomic E-state index is -4.33. The van der Waals surface area contributed by atoms with Crippen molar-refractivity contribution in [2.24, 2.45) is 0 Å². The molecule has 120 valence electrons. The molecule has 2 aromatic heterocycles. The van der Waals surface area contributed by atoms with Gasteiger partial charge in [0.15, 0.2) is 5.65 Å². The van der Waals surface area contributed by atoms with Crippen molar-refractivity contribution in [3.63, 3.8) is 0 Å². The monoisotopic (exact) mass is 432 g/mol. The van der Waals surface area contributed by atoms with E-state index >= 15 is 0 Å². The van der Waals surface area contributed by atoms with E-state index in [-0.39, 0.29) is 6.04 Å². The summed E-state index contributed by atoms with van der Waals surface area (Å²) < 4.78 is 40.5. The van der Waals surface area contributed by atoms with E-state index in [2.05, 4.69) is 37.7 Å². The van der Waals surface area contributed by atoms with Gasteiger partial charge in [-0.25, -0.2) is 14.6 Å². The molecule has 8 heteroatoms. The van der Waals surface area contributed by atoms with E-state index in [4.69, 9.17) is 0 Å². The summed E-state index contributed by atoms with van der Waals surface area (Å²) in [5, 5.41) is 5.16. The van der Waals surface area contributed by atoms with Crippen LogP contribution in [0.5, 0.6) is 0 Å². The van der Waals surface area contributed by atoms with Crippen molar-refractivity contribution in [1.82, 2.24) is 19.7 Å². The summed E-state index contributed by atoms with van der Waals surface area (Å²) in [4.78, 5) is 8.69. The van der Waals surface area contributed by atoms with Crippen LogP contribution in [-0.2, 0) is 6.18 Å². The topological polar surface area (TPSA) is 43.6 Å². The van der Waals surface area contributed by atoms with Crippen molar-refractivity contribution in [3.8, 4) is 0 Å². The molecule has 23 heavy (non-hydrogen) atoms. The SMILES string of the molecule is Cc1nc(I)c2cnn(C(C)c3ccc(C(F)(F)F)cc3)c2n1. The molecule has 2 heterocycles. The lowest BCUT2D eigenvalue weighted by Crippen LogP contribution is -2.11. The molecule has 0 saturated heterocycles. The van der Waals surface area contributed by atoms with Crippen molar-refractivity contribution in [3.05, 3.63) is 51.1 Å². The molecule has 0 amide bonds. The van der Waals surface area contributed by atoms with Gasteiger partial charge in [0.1, 0.15) is 9.53 Å². The number of halogens is 4. The second-order valence-corrected chi connectivity index (χ2v) is 6.21. The number of hydrogen-bond donors (Lipinski definition) is 0. The molecule has 0 aliphatic rings. The highest BCUT2D eigenvalue weighted by Gasteiger charge is 2.30. The maximum atomic E-state index is 12.7. The van der Waals surface area contributed by atoms with Crippen LogP contribution in [0.2, 0.25) is 0 Å². The Morgan fingerprint density at radius 1 is 1.13 bits per heavy atom. The Morgan fingerprint density at radius 3 is 2.39 bits per heavy atom. The first-order valence-corrected chi connectivity index (χ1v) is 7.90. The number of aryl methyl sites for hydroxylation is 1. The van der Waals surface area contributed by atoms with Gasteiger partial charge in [0.2, 0.25) is 0 Å². The molecule has 0 aliphatic carbocycles. The highest BCUT2D eigenvalue weighted by molar-refractivity contribution is 14.1. The van der Waals surface area contributed by atoms with E-state index in [1.54, 1.807) is 17.8 Å². The Hall–Kier alpha value is -1.71. The molecule has 0 N–H and O–H groups in total. The van der Waals surface area contributed by atoms with E-state index < -0.39 is 11.7 Å². The second-order valence-electron chi connectivity index (χ2n) is 5.18. The van der Waals surface area contributed by atoms with Crippen molar-refractivity contribution in [2.45, 2.75) is 26.1 Å². The number of rotatable bonds is 2. The van der Waals surface area contributed by atoms with E-state index in [1.807, 2.05) is 6.92 Å². The van der Waals surface area contributed by atoms with Gasteiger partial charge in [0.05, 0.1) is 23.2 Å². The van der Waals surface area contributed by atoms with E-state index in [0.29, 0.717) is 11.5 Å². The molecule has 1 atom stereocenters. The summed E-state index contributed by atoms with van der Waals surface area (Å²) in [6.45, 7) is 3.67. The maximum Gasteiger partial charge on any atom is 0.416 e. The van der Waals surface area contributed by atoms with Gasteiger partial charge in [-0.3, -0.25) is 0 Å². The lowest BCUT2D eigenvalue weighted by Gasteiger charge is -2.15. The molecule has 0 bridgehead atoms. The molecular formula is C15H12F3IN4. The molecule has 3 rings (SSSR count). The third-order valence-electron chi connectivity index (χ3n) is 3.61. The molecule has 0 fully saturated rings. The molecule has 1 unspecified atom stereocenters. The van der Waals surface area contributed by atoms with Gasteiger partial charge in [0.25, 0.3) is 0 Å². The average Bonchev–Trinajstić information content (AvgIpc) is 2.89. The Morgan fingerprint density at radius 2 is 1.78 bits per heavy atom. The molecule has 4 nitrogen and oxygen atoms in total. The molecule has 0 aliphatic heterocycles. The van der Waals surface area contributed by atoms with Gasteiger partial charge in [0, 0.05) is 0 Å². The Balaban J connectivity index is 2.02. The first kappa shape index (κ1) is 16.2. The quantitative estimate of drug-likeness (QED) is 0.447. The molecule has 0 radical (unpaired) electrons. The normalized spacial score (nSPS) is 13.5. The minimum absolute atomic E-state index is 0.236. The Labute approximate surface area is 143 Å². The van der Waals surface area contributed by atoms with Gasteiger partial charge in [-0.15, -0.1) is 0 Å². The Kier molecular flexibility index (Phi) is 4.03. The van der Waals surface area contributed by atoms with Crippen LogP contribution in [0, 0.1) is 10.6 Å². The van der Waals surface area contributed by atoms with Gasteiger partial charge in [-0.2, -0.15) is 18.3 Å². The van der Waals surface area contributed by atoms with Crippen LogP contribution in [0.4, 0.5) is 13.2 Å². The smallest absolute Gasteiger partial charge is 0.240 e. The van der Waals surface area contributed by atoms with Crippen molar-refractivity contribution >= 4 is 33.6 Å². The molecule has 0 saturated carbocycles. The summed E-state index contributed by atoms with van der Waals surface area (Å²) in [5.74, 6) is 0.628. The predicted octanol–water partition coefficient (Wildman–Crippen LogP) is 4.37. The largest absolute Gasteiger partial charge is 0.416 e. The van der Waals surface area contributed by atoms with Crippen LogP contribution in [0.3, 0.4) is 0 Å². The lowest BCUT2D eigenvalue weighted by atomic mass is 10.1. The van der Waals surface area contributed by atoms with E-state index in [1.165, 1.54) is 12.1 Å². The maximum absolute atomic E-state index is 12.7. The fraction of sp³-hybridized carbons (Fsp3) is 0.267. The summed E-state index contributed by atoms with van der Waals surface area (Å²) in [6, 6.07) is 4.88.